The molecule has 1 aliphatic rings. The fourth-order valence-electron chi connectivity index (χ4n) is 2.46. The van der Waals surface area contributed by atoms with Gasteiger partial charge in [-0.3, -0.25) is 4.79 Å². The molecule has 1 atom stereocenters. The van der Waals surface area contributed by atoms with Gasteiger partial charge in [-0.05, 0) is 19.3 Å². The molecule has 0 radical (unpaired) electrons. The van der Waals surface area contributed by atoms with E-state index in [1.165, 1.54) is 11.3 Å². The number of hydrogen-bond donors (Lipinski definition) is 2. The van der Waals surface area contributed by atoms with Crippen LogP contribution in [0.4, 0.5) is 10.9 Å². The van der Waals surface area contributed by atoms with Crippen LogP contribution in [0.25, 0.3) is 0 Å². The Balaban J connectivity index is 2.09. The second kappa shape index (κ2) is 7.09. The maximum atomic E-state index is 12.4. The van der Waals surface area contributed by atoms with Gasteiger partial charge in [-0.15, -0.1) is 0 Å². The van der Waals surface area contributed by atoms with E-state index < -0.39 is 0 Å². The van der Waals surface area contributed by atoms with Crippen LogP contribution in [0.2, 0.25) is 0 Å². The molecule has 1 unspecified atom stereocenters. The van der Waals surface area contributed by atoms with Crippen LogP contribution in [0.15, 0.2) is 0 Å². The van der Waals surface area contributed by atoms with Gasteiger partial charge < -0.3 is 21.3 Å². The van der Waals surface area contributed by atoms with Crippen LogP contribution in [-0.4, -0.2) is 48.5 Å². The Morgan fingerprint density at radius 2 is 2.33 bits per heavy atom. The van der Waals surface area contributed by atoms with Crippen molar-refractivity contribution in [1.29, 1.82) is 0 Å². The number of piperidine rings is 1. The van der Waals surface area contributed by atoms with E-state index in [4.69, 9.17) is 11.5 Å². The Hall–Kier alpha value is -1.34. The lowest BCUT2D eigenvalue weighted by Crippen LogP contribution is -2.42. The maximum Gasteiger partial charge on any atom is 0.267 e. The number of hydrogen-bond acceptors (Lipinski definition) is 6. The Labute approximate surface area is 130 Å². The number of unbranched alkanes of at least 4 members (excludes halogenated alkanes) is 1. The molecular weight excluding hydrogens is 286 g/mol. The highest BCUT2D eigenvalue weighted by atomic mass is 32.1. The predicted molar refractivity (Wildman–Crippen MR) is 87.8 cm³/mol. The average Bonchev–Trinajstić information content (AvgIpc) is 2.86. The van der Waals surface area contributed by atoms with Gasteiger partial charge in [0.15, 0.2) is 5.13 Å². The van der Waals surface area contributed by atoms with Gasteiger partial charge in [0.1, 0.15) is 10.7 Å². The molecule has 0 aromatic carbocycles. The third-order valence-corrected chi connectivity index (χ3v) is 4.88. The van der Waals surface area contributed by atoms with Crippen LogP contribution in [0, 0.1) is 0 Å². The summed E-state index contributed by atoms with van der Waals surface area (Å²) in [5.41, 5.74) is 11.9. The number of nitrogen functional groups attached to an aromatic ring is 1. The van der Waals surface area contributed by atoms with Crippen molar-refractivity contribution in [2.24, 2.45) is 5.73 Å². The molecule has 0 bridgehead atoms. The van der Waals surface area contributed by atoms with Gasteiger partial charge in [-0.25, -0.2) is 4.98 Å². The summed E-state index contributed by atoms with van der Waals surface area (Å²) in [5, 5.41) is 0.815. The molecule has 2 heterocycles. The summed E-state index contributed by atoms with van der Waals surface area (Å²) < 4.78 is 0. The van der Waals surface area contributed by atoms with E-state index >= 15 is 0 Å². The number of rotatable bonds is 5. The van der Waals surface area contributed by atoms with Crippen LogP contribution in [0.1, 0.15) is 42.3 Å². The van der Waals surface area contributed by atoms with Crippen molar-refractivity contribution in [3.63, 3.8) is 0 Å². The Morgan fingerprint density at radius 3 is 3.00 bits per heavy atom. The van der Waals surface area contributed by atoms with E-state index in [2.05, 4.69) is 16.8 Å². The molecule has 21 heavy (non-hydrogen) atoms. The number of amides is 1. The highest BCUT2D eigenvalue weighted by molar-refractivity contribution is 7.18. The monoisotopic (exact) mass is 311 g/mol. The van der Waals surface area contributed by atoms with Crippen molar-refractivity contribution in [2.75, 3.05) is 37.3 Å². The lowest BCUT2D eigenvalue weighted by Gasteiger charge is -2.30. The normalized spacial score (nSPS) is 18.8. The van der Waals surface area contributed by atoms with Crippen molar-refractivity contribution < 1.29 is 4.79 Å². The zero-order valence-corrected chi connectivity index (χ0v) is 13.7. The van der Waals surface area contributed by atoms with Crippen molar-refractivity contribution >= 4 is 28.2 Å². The number of carbonyl (C=O) groups excluding carboxylic acids is 1. The molecule has 0 saturated carbocycles. The molecule has 1 aromatic heterocycles. The molecule has 1 fully saturated rings. The molecule has 1 amide bonds. The van der Waals surface area contributed by atoms with Crippen LogP contribution >= 0.6 is 11.3 Å². The summed E-state index contributed by atoms with van der Waals surface area (Å²) in [5.74, 6) is 0.300. The fourth-order valence-corrected chi connectivity index (χ4v) is 3.48. The van der Waals surface area contributed by atoms with Crippen molar-refractivity contribution in [3.05, 3.63) is 4.88 Å². The lowest BCUT2D eigenvalue weighted by molar-refractivity contribution is 0.0799. The van der Waals surface area contributed by atoms with Gasteiger partial charge in [-0.2, -0.15) is 0 Å². The largest absolute Gasteiger partial charge is 0.382 e. The second-order valence-electron chi connectivity index (χ2n) is 5.64. The maximum absolute atomic E-state index is 12.4. The van der Waals surface area contributed by atoms with Crippen LogP contribution < -0.4 is 16.4 Å². The molecule has 1 aromatic rings. The van der Waals surface area contributed by atoms with E-state index in [1.54, 1.807) is 4.90 Å². The average molecular weight is 311 g/mol. The number of nitrogens with two attached hydrogens (primary N) is 2. The minimum absolute atomic E-state index is 0.0361. The second-order valence-corrected chi connectivity index (χ2v) is 6.62. The van der Waals surface area contributed by atoms with E-state index in [1.807, 2.05) is 7.05 Å². The Morgan fingerprint density at radius 1 is 1.57 bits per heavy atom. The molecule has 7 heteroatoms. The van der Waals surface area contributed by atoms with Gasteiger partial charge in [0.05, 0.1) is 0 Å². The summed E-state index contributed by atoms with van der Waals surface area (Å²) in [6.07, 6.45) is 4.16. The molecule has 1 saturated heterocycles. The van der Waals surface area contributed by atoms with E-state index in [0.29, 0.717) is 10.7 Å². The smallest absolute Gasteiger partial charge is 0.267 e. The molecule has 6 nitrogen and oxygen atoms in total. The van der Waals surface area contributed by atoms with Crippen molar-refractivity contribution in [2.45, 2.75) is 38.6 Å². The van der Waals surface area contributed by atoms with Crippen molar-refractivity contribution in [1.82, 2.24) is 9.88 Å². The molecule has 0 aliphatic carbocycles. The van der Waals surface area contributed by atoms with E-state index in [9.17, 15) is 4.79 Å². The van der Waals surface area contributed by atoms with Crippen LogP contribution in [0.3, 0.4) is 0 Å². The van der Waals surface area contributed by atoms with Gasteiger partial charge >= 0.3 is 0 Å². The first-order valence-corrected chi connectivity index (χ1v) is 8.36. The first kappa shape index (κ1) is 16.0. The summed E-state index contributed by atoms with van der Waals surface area (Å²) in [6.45, 7) is 4.57. The molecule has 118 valence electrons. The lowest BCUT2D eigenvalue weighted by atomic mass is 10.1. The topological polar surface area (TPSA) is 88.5 Å². The quantitative estimate of drug-likeness (QED) is 0.861. The molecular formula is C14H25N5OS. The van der Waals surface area contributed by atoms with Crippen LogP contribution in [-0.2, 0) is 0 Å². The summed E-state index contributed by atoms with van der Waals surface area (Å²) in [7, 11) is 1.81. The SMILES string of the molecule is CCCCN(C)C(=O)c1sc(N2CCCC(N)C2)nc1N. The summed E-state index contributed by atoms with van der Waals surface area (Å²) in [6, 6.07) is 0.176. The first-order chi connectivity index (χ1) is 10.0. The third-order valence-electron chi connectivity index (χ3n) is 3.76. The minimum Gasteiger partial charge on any atom is -0.382 e. The van der Waals surface area contributed by atoms with Gasteiger partial charge in [0, 0.05) is 32.7 Å². The zero-order valence-electron chi connectivity index (χ0n) is 12.8. The molecule has 0 spiro atoms. The molecule has 1 aliphatic heterocycles. The van der Waals surface area contributed by atoms with E-state index in [0.717, 1.165) is 50.4 Å². The number of aromatic nitrogens is 1. The number of anilines is 2. The predicted octanol–water partition coefficient (Wildman–Crippen LogP) is 1.52. The Bertz CT molecular complexity index is 490. The third kappa shape index (κ3) is 3.85. The van der Waals surface area contributed by atoms with Crippen LogP contribution in [0.5, 0.6) is 0 Å². The first-order valence-electron chi connectivity index (χ1n) is 7.55. The summed E-state index contributed by atoms with van der Waals surface area (Å²) in [4.78, 5) is 21.2. The molecule has 2 rings (SSSR count). The highest BCUT2D eigenvalue weighted by Crippen LogP contribution is 2.30. The molecule has 4 N–H and O–H groups in total. The van der Waals surface area contributed by atoms with Gasteiger partial charge in [0.2, 0.25) is 0 Å². The Kier molecular flexibility index (Phi) is 5.41. The summed E-state index contributed by atoms with van der Waals surface area (Å²) >= 11 is 1.38. The highest BCUT2D eigenvalue weighted by Gasteiger charge is 2.24. The number of carbonyl (C=O) groups is 1. The van der Waals surface area contributed by atoms with Gasteiger partial charge in [0.25, 0.3) is 5.91 Å². The zero-order chi connectivity index (χ0) is 15.4. The van der Waals surface area contributed by atoms with Crippen molar-refractivity contribution in [3.8, 4) is 0 Å². The fraction of sp³-hybridized carbons (Fsp3) is 0.714. The standard InChI is InChI=1S/C14H25N5OS/c1-3-4-7-18(2)13(20)11-12(16)17-14(21-11)19-8-5-6-10(15)9-19/h10H,3-9,15-16H2,1-2H3. The number of thiazole rings is 1. The minimum atomic E-state index is -0.0361. The number of nitrogens with zero attached hydrogens (tertiary/aromatic N) is 3. The van der Waals surface area contributed by atoms with E-state index in [-0.39, 0.29) is 11.9 Å². The van der Waals surface area contributed by atoms with Gasteiger partial charge in [-0.1, -0.05) is 24.7 Å².